The summed E-state index contributed by atoms with van der Waals surface area (Å²) in [5.41, 5.74) is 9.28. The van der Waals surface area contributed by atoms with Gasteiger partial charge in [0.1, 0.15) is 5.82 Å². The summed E-state index contributed by atoms with van der Waals surface area (Å²) in [6, 6.07) is 0. The van der Waals surface area contributed by atoms with Gasteiger partial charge in [0.2, 0.25) is 0 Å². The molecule has 0 fully saturated rings. The highest BCUT2D eigenvalue weighted by Crippen LogP contribution is 2.20. The van der Waals surface area contributed by atoms with Crippen molar-refractivity contribution in [3.8, 4) is 0 Å². The molecule has 6 heteroatoms. The molecule has 0 spiro atoms. The van der Waals surface area contributed by atoms with Crippen LogP contribution in [0.3, 0.4) is 0 Å². The summed E-state index contributed by atoms with van der Waals surface area (Å²) < 4.78 is 4.71. The van der Waals surface area contributed by atoms with Crippen molar-refractivity contribution >= 4 is 28.4 Å². The smallest absolute Gasteiger partial charge is 0.135 e. The second kappa shape index (κ2) is 4.67. The average Bonchev–Trinajstić information content (AvgIpc) is 2.76. The number of rotatable bonds is 3. The Balaban J connectivity index is 2.34. The first-order valence-electron chi connectivity index (χ1n) is 5.52. The third-order valence-corrected chi connectivity index (χ3v) is 4.07. The van der Waals surface area contributed by atoms with E-state index in [0.29, 0.717) is 6.54 Å². The minimum absolute atomic E-state index is 0.687. The van der Waals surface area contributed by atoms with E-state index in [1.54, 1.807) is 0 Å². The van der Waals surface area contributed by atoms with Gasteiger partial charge in [-0.1, -0.05) is 6.92 Å². The number of nitrogen functional groups attached to an aromatic ring is 1. The summed E-state index contributed by atoms with van der Waals surface area (Å²) in [4.78, 5) is 0. The minimum Gasteiger partial charge on any atom is -0.383 e. The number of nitrogens with two attached hydrogens (primary N) is 1. The topological polar surface area (TPSA) is 61.7 Å². The maximum atomic E-state index is 6.02. The number of halogens is 1. The number of hydrogen-bond donors (Lipinski definition) is 1. The van der Waals surface area contributed by atoms with Gasteiger partial charge < -0.3 is 5.73 Å². The second-order valence-corrected chi connectivity index (χ2v) is 5.15. The molecule has 0 radical (unpaired) electrons. The molecule has 0 atom stereocenters. The van der Waals surface area contributed by atoms with E-state index in [1.807, 2.05) is 29.5 Å². The standard InChI is InChI=1S/C11H16IN5/c1-4-9-8(5-16(3)15-9)6-17-11(13)10(12)7(2)14-17/h5H,4,6,13H2,1-3H3. The molecule has 92 valence electrons. The van der Waals surface area contributed by atoms with E-state index in [0.717, 1.165) is 27.2 Å². The van der Waals surface area contributed by atoms with Crippen LogP contribution in [0.1, 0.15) is 23.9 Å². The maximum absolute atomic E-state index is 6.02. The highest BCUT2D eigenvalue weighted by atomic mass is 127. The lowest BCUT2D eigenvalue weighted by Crippen LogP contribution is -2.07. The van der Waals surface area contributed by atoms with Gasteiger partial charge in [-0.15, -0.1) is 0 Å². The van der Waals surface area contributed by atoms with E-state index < -0.39 is 0 Å². The summed E-state index contributed by atoms with van der Waals surface area (Å²) in [7, 11) is 1.93. The first-order valence-corrected chi connectivity index (χ1v) is 6.60. The summed E-state index contributed by atoms with van der Waals surface area (Å²) in [6.07, 6.45) is 2.95. The normalized spacial score (nSPS) is 11.1. The molecule has 0 saturated carbocycles. The molecule has 2 aromatic heterocycles. The number of nitrogens with zero attached hydrogens (tertiary/aromatic N) is 4. The van der Waals surface area contributed by atoms with Gasteiger partial charge in [-0.2, -0.15) is 10.2 Å². The molecule has 0 unspecified atom stereocenters. The quantitative estimate of drug-likeness (QED) is 0.862. The zero-order chi connectivity index (χ0) is 12.6. The Morgan fingerprint density at radius 2 is 2.12 bits per heavy atom. The van der Waals surface area contributed by atoms with E-state index in [4.69, 9.17) is 5.73 Å². The molecule has 2 rings (SSSR count). The summed E-state index contributed by atoms with van der Waals surface area (Å²) >= 11 is 2.23. The van der Waals surface area contributed by atoms with Gasteiger partial charge in [-0.05, 0) is 35.9 Å². The fourth-order valence-electron chi connectivity index (χ4n) is 1.87. The predicted molar refractivity (Wildman–Crippen MR) is 75.8 cm³/mol. The largest absolute Gasteiger partial charge is 0.383 e. The first kappa shape index (κ1) is 12.4. The maximum Gasteiger partial charge on any atom is 0.135 e. The Labute approximate surface area is 114 Å². The van der Waals surface area contributed by atoms with E-state index in [9.17, 15) is 0 Å². The van der Waals surface area contributed by atoms with Crippen LogP contribution in [0.15, 0.2) is 6.20 Å². The van der Waals surface area contributed by atoms with Crippen molar-refractivity contribution in [2.45, 2.75) is 26.8 Å². The molecule has 2 heterocycles. The molecule has 0 saturated heterocycles. The van der Waals surface area contributed by atoms with Crippen molar-refractivity contribution < 1.29 is 0 Å². The van der Waals surface area contributed by atoms with Crippen LogP contribution in [-0.2, 0) is 20.0 Å². The van der Waals surface area contributed by atoms with Gasteiger partial charge in [0.15, 0.2) is 0 Å². The molecule has 17 heavy (non-hydrogen) atoms. The van der Waals surface area contributed by atoms with Gasteiger partial charge in [0, 0.05) is 18.8 Å². The van der Waals surface area contributed by atoms with Crippen molar-refractivity contribution in [3.05, 3.63) is 26.7 Å². The number of aromatic nitrogens is 4. The van der Waals surface area contributed by atoms with E-state index in [-0.39, 0.29) is 0 Å². The third-order valence-electron chi connectivity index (χ3n) is 2.74. The number of hydrogen-bond acceptors (Lipinski definition) is 3. The highest BCUT2D eigenvalue weighted by Gasteiger charge is 2.12. The molecular weight excluding hydrogens is 329 g/mol. The van der Waals surface area contributed by atoms with Crippen LogP contribution in [-0.4, -0.2) is 19.6 Å². The lowest BCUT2D eigenvalue weighted by Gasteiger charge is -2.03. The molecule has 2 N–H and O–H groups in total. The van der Waals surface area contributed by atoms with Gasteiger partial charge in [0.25, 0.3) is 0 Å². The van der Waals surface area contributed by atoms with Crippen LogP contribution in [0.25, 0.3) is 0 Å². The Morgan fingerprint density at radius 1 is 1.41 bits per heavy atom. The van der Waals surface area contributed by atoms with E-state index >= 15 is 0 Å². The summed E-state index contributed by atoms with van der Waals surface area (Å²) in [5, 5.41) is 8.85. The van der Waals surface area contributed by atoms with Crippen molar-refractivity contribution in [2.24, 2.45) is 7.05 Å². The van der Waals surface area contributed by atoms with Gasteiger partial charge >= 0.3 is 0 Å². The molecule has 0 aliphatic heterocycles. The van der Waals surface area contributed by atoms with Crippen LogP contribution in [0, 0.1) is 10.5 Å². The Hall–Kier alpha value is -1.05. The number of aryl methyl sites for hydroxylation is 3. The predicted octanol–water partition coefficient (Wildman–Crippen LogP) is 1.72. The Kier molecular flexibility index (Phi) is 3.41. The molecule has 2 aromatic rings. The molecule has 0 aromatic carbocycles. The monoisotopic (exact) mass is 345 g/mol. The van der Waals surface area contributed by atoms with Crippen LogP contribution < -0.4 is 5.73 Å². The number of anilines is 1. The molecule has 5 nitrogen and oxygen atoms in total. The highest BCUT2D eigenvalue weighted by molar-refractivity contribution is 14.1. The van der Waals surface area contributed by atoms with Gasteiger partial charge in [-0.3, -0.25) is 4.68 Å². The third kappa shape index (κ3) is 2.31. The van der Waals surface area contributed by atoms with Gasteiger partial charge in [-0.25, -0.2) is 4.68 Å². The zero-order valence-corrected chi connectivity index (χ0v) is 12.4. The fourth-order valence-corrected chi connectivity index (χ4v) is 2.26. The van der Waals surface area contributed by atoms with Crippen LogP contribution in [0.5, 0.6) is 0 Å². The van der Waals surface area contributed by atoms with Crippen molar-refractivity contribution in [1.82, 2.24) is 19.6 Å². The van der Waals surface area contributed by atoms with Gasteiger partial charge in [0.05, 0.1) is 21.5 Å². The summed E-state index contributed by atoms with van der Waals surface area (Å²) in [5.74, 6) is 0.731. The van der Waals surface area contributed by atoms with Crippen LogP contribution in [0.4, 0.5) is 5.82 Å². The second-order valence-electron chi connectivity index (χ2n) is 4.07. The van der Waals surface area contributed by atoms with Crippen LogP contribution in [0.2, 0.25) is 0 Å². The Bertz CT molecular complexity index is 540. The van der Waals surface area contributed by atoms with Crippen molar-refractivity contribution in [3.63, 3.8) is 0 Å². The molecule has 0 aliphatic carbocycles. The first-order chi connectivity index (χ1) is 8.02. The van der Waals surface area contributed by atoms with Crippen molar-refractivity contribution in [1.29, 1.82) is 0 Å². The lowest BCUT2D eigenvalue weighted by atomic mass is 10.2. The Morgan fingerprint density at radius 3 is 2.65 bits per heavy atom. The molecular formula is C11H16IN5. The summed E-state index contributed by atoms with van der Waals surface area (Å²) in [6.45, 7) is 4.76. The van der Waals surface area contributed by atoms with E-state index in [1.165, 1.54) is 5.56 Å². The van der Waals surface area contributed by atoms with E-state index in [2.05, 4.69) is 39.7 Å². The molecule has 0 amide bonds. The SMILES string of the molecule is CCc1nn(C)cc1Cn1nc(C)c(I)c1N. The zero-order valence-electron chi connectivity index (χ0n) is 10.2. The lowest BCUT2D eigenvalue weighted by molar-refractivity contribution is 0.684. The minimum atomic E-state index is 0.687. The fraction of sp³-hybridized carbons (Fsp3) is 0.455. The molecule has 0 aliphatic rings. The van der Waals surface area contributed by atoms with Crippen molar-refractivity contribution in [2.75, 3.05) is 5.73 Å². The molecule has 0 bridgehead atoms. The van der Waals surface area contributed by atoms with Crippen LogP contribution >= 0.6 is 22.6 Å². The average molecular weight is 345 g/mol.